The van der Waals surface area contributed by atoms with Gasteiger partial charge in [-0.05, 0) is 23.6 Å². The van der Waals surface area contributed by atoms with Gasteiger partial charge in [0, 0.05) is 5.56 Å². The molecule has 0 aromatic heterocycles. The minimum atomic E-state index is -0.0249. The van der Waals surface area contributed by atoms with Gasteiger partial charge in [0.05, 0.1) is 6.04 Å². The molecule has 2 rings (SSSR count). The van der Waals surface area contributed by atoms with Gasteiger partial charge < -0.3 is 5.32 Å². The van der Waals surface area contributed by atoms with Gasteiger partial charge in [0.1, 0.15) is 0 Å². The van der Waals surface area contributed by atoms with E-state index in [1.54, 1.807) is 0 Å². The van der Waals surface area contributed by atoms with Gasteiger partial charge in [0.25, 0.3) is 5.91 Å². The quantitative estimate of drug-likeness (QED) is 0.882. The van der Waals surface area contributed by atoms with Crippen molar-refractivity contribution in [2.24, 2.45) is 5.92 Å². The van der Waals surface area contributed by atoms with Crippen LogP contribution >= 0.6 is 0 Å². The Bertz CT molecular complexity index is 519. The number of rotatable bonds is 4. The molecular weight excluding hydrogens is 234 g/mol. The van der Waals surface area contributed by atoms with E-state index in [0.29, 0.717) is 11.5 Å². The molecule has 2 aromatic rings. The lowest BCUT2D eigenvalue weighted by Gasteiger charge is -2.23. The van der Waals surface area contributed by atoms with Gasteiger partial charge in [-0.1, -0.05) is 62.4 Å². The molecule has 0 heterocycles. The first kappa shape index (κ1) is 13.3. The second kappa shape index (κ2) is 6.19. The van der Waals surface area contributed by atoms with Crippen molar-refractivity contribution in [3.05, 3.63) is 71.8 Å². The Morgan fingerprint density at radius 2 is 1.42 bits per heavy atom. The molecule has 0 aliphatic carbocycles. The monoisotopic (exact) mass is 253 g/mol. The number of amides is 1. The zero-order valence-electron chi connectivity index (χ0n) is 11.3. The molecule has 0 spiro atoms. The molecule has 19 heavy (non-hydrogen) atoms. The Balaban J connectivity index is 2.17. The molecule has 0 unspecified atom stereocenters. The highest BCUT2D eigenvalue weighted by molar-refractivity contribution is 5.94. The van der Waals surface area contributed by atoms with Crippen LogP contribution in [0.5, 0.6) is 0 Å². The van der Waals surface area contributed by atoms with E-state index in [2.05, 4.69) is 31.3 Å². The topological polar surface area (TPSA) is 29.1 Å². The van der Waals surface area contributed by atoms with E-state index in [-0.39, 0.29) is 11.9 Å². The third-order valence-electron chi connectivity index (χ3n) is 3.15. The highest BCUT2D eigenvalue weighted by atomic mass is 16.1. The zero-order valence-corrected chi connectivity index (χ0v) is 11.3. The summed E-state index contributed by atoms with van der Waals surface area (Å²) in [6.45, 7) is 4.23. The van der Waals surface area contributed by atoms with Crippen LogP contribution in [-0.4, -0.2) is 5.91 Å². The normalized spacial score (nSPS) is 12.2. The summed E-state index contributed by atoms with van der Waals surface area (Å²) >= 11 is 0. The van der Waals surface area contributed by atoms with E-state index in [9.17, 15) is 4.79 Å². The molecule has 2 aromatic carbocycles. The van der Waals surface area contributed by atoms with Crippen molar-refractivity contribution in [2.75, 3.05) is 0 Å². The van der Waals surface area contributed by atoms with Crippen molar-refractivity contribution < 1.29 is 4.79 Å². The SMILES string of the molecule is CC(C)[C@@H](NC(=O)c1ccccc1)c1ccccc1. The van der Waals surface area contributed by atoms with Crippen molar-refractivity contribution in [1.29, 1.82) is 0 Å². The number of carbonyl (C=O) groups is 1. The minimum absolute atomic E-state index is 0.0249. The molecule has 0 saturated heterocycles. The van der Waals surface area contributed by atoms with Crippen LogP contribution in [-0.2, 0) is 0 Å². The van der Waals surface area contributed by atoms with E-state index in [1.165, 1.54) is 0 Å². The van der Waals surface area contributed by atoms with Crippen LogP contribution in [0.25, 0.3) is 0 Å². The van der Waals surface area contributed by atoms with Crippen LogP contribution in [0.15, 0.2) is 60.7 Å². The van der Waals surface area contributed by atoms with Crippen molar-refractivity contribution in [3.8, 4) is 0 Å². The molecule has 0 aliphatic heterocycles. The van der Waals surface area contributed by atoms with Crippen LogP contribution in [0.1, 0.15) is 35.8 Å². The van der Waals surface area contributed by atoms with Crippen LogP contribution in [0, 0.1) is 5.92 Å². The number of hydrogen-bond donors (Lipinski definition) is 1. The maximum absolute atomic E-state index is 12.2. The summed E-state index contributed by atoms with van der Waals surface area (Å²) < 4.78 is 0. The number of hydrogen-bond acceptors (Lipinski definition) is 1. The summed E-state index contributed by atoms with van der Waals surface area (Å²) in [5, 5.41) is 3.11. The molecule has 98 valence electrons. The van der Waals surface area contributed by atoms with Crippen LogP contribution < -0.4 is 5.32 Å². The molecule has 1 N–H and O–H groups in total. The van der Waals surface area contributed by atoms with E-state index in [0.717, 1.165) is 5.56 Å². The van der Waals surface area contributed by atoms with E-state index >= 15 is 0 Å². The van der Waals surface area contributed by atoms with Gasteiger partial charge in [-0.3, -0.25) is 4.79 Å². The Kier molecular flexibility index (Phi) is 4.35. The third-order valence-corrected chi connectivity index (χ3v) is 3.15. The standard InChI is InChI=1S/C17H19NO/c1-13(2)16(14-9-5-3-6-10-14)18-17(19)15-11-7-4-8-12-15/h3-13,16H,1-2H3,(H,18,19)/t16-/m1/s1. The lowest BCUT2D eigenvalue weighted by molar-refractivity contribution is 0.0925. The summed E-state index contributed by atoms with van der Waals surface area (Å²) in [6.07, 6.45) is 0. The van der Waals surface area contributed by atoms with Gasteiger partial charge in [-0.25, -0.2) is 0 Å². The molecule has 0 bridgehead atoms. The summed E-state index contributed by atoms with van der Waals surface area (Å²) in [5.41, 5.74) is 1.84. The van der Waals surface area contributed by atoms with Crippen molar-refractivity contribution >= 4 is 5.91 Å². The molecule has 1 amide bonds. The fourth-order valence-corrected chi connectivity index (χ4v) is 2.11. The smallest absolute Gasteiger partial charge is 0.251 e. The summed E-state index contributed by atoms with van der Waals surface area (Å²) in [5.74, 6) is 0.318. The number of carbonyl (C=O) groups excluding carboxylic acids is 1. The Morgan fingerprint density at radius 3 is 1.95 bits per heavy atom. The van der Waals surface area contributed by atoms with E-state index in [4.69, 9.17) is 0 Å². The fraction of sp³-hybridized carbons (Fsp3) is 0.235. The average molecular weight is 253 g/mol. The second-order valence-corrected chi connectivity index (χ2v) is 4.97. The molecule has 0 fully saturated rings. The Hall–Kier alpha value is -2.09. The third kappa shape index (κ3) is 3.44. The van der Waals surface area contributed by atoms with Gasteiger partial charge in [0.2, 0.25) is 0 Å². The first-order valence-corrected chi connectivity index (χ1v) is 6.59. The van der Waals surface area contributed by atoms with Gasteiger partial charge in [0.15, 0.2) is 0 Å². The summed E-state index contributed by atoms with van der Waals surface area (Å²) in [4.78, 5) is 12.2. The maximum Gasteiger partial charge on any atom is 0.251 e. The zero-order chi connectivity index (χ0) is 13.7. The number of benzene rings is 2. The minimum Gasteiger partial charge on any atom is -0.345 e. The molecule has 0 aliphatic rings. The van der Waals surface area contributed by atoms with Gasteiger partial charge in [-0.2, -0.15) is 0 Å². The maximum atomic E-state index is 12.2. The molecular formula is C17H19NO. The summed E-state index contributed by atoms with van der Waals surface area (Å²) in [6, 6.07) is 19.5. The van der Waals surface area contributed by atoms with Gasteiger partial charge >= 0.3 is 0 Å². The Morgan fingerprint density at radius 1 is 0.895 bits per heavy atom. The first-order chi connectivity index (χ1) is 9.18. The van der Waals surface area contributed by atoms with E-state index in [1.807, 2.05) is 48.5 Å². The lowest BCUT2D eigenvalue weighted by atomic mass is 9.95. The highest BCUT2D eigenvalue weighted by Crippen LogP contribution is 2.21. The van der Waals surface area contributed by atoms with Crippen LogP contribution in [0.2, 0.25) is 0 Å². The lowest BCUT2D eigenvalue weighted by Crippen LogP contribution is -2.31. The summed E-state index contributed by atoms with van der Waals surface area (Å²) in [7, 11) is 0. The van der Waals surface area contributed by atoms with Crippen molar-refractivity contribution in [1.82, 2.24) is 5.32 Å². The molecule has 1 atom stereocenters. The fourth-order valence-electron chi connectivity index (χ4n) is 2.11. The first-order valence-electron chi connectivity index (χ1n) is 6.59. The largest absolute Gasteiger partial charge is 0.345 e. The molecule has 2 nitrogen and oxygen atoms in total. The molecule has 0 saturated carbocycles. The highest BCUT2D eigenvalue weighted by Gasteiger charge is 2.18. The van der Waals surface area contributed by atoms with Gasteiger partial charge in [-0.15, -0.1) is 0 Å². The molecule has 2 heteroatoms. The van der Waals surface area contributed by atoms with E-state index < -0.39 is 0 Å². The Labute approximate surface area is 114 Å². The predicted octanol–water partition coefficient (Wildman–Crippen LogP) is 3.81. The second-order valence-electron chi connectivity index (χ2n) is 4.97. The van der Waals surface area contributed by atoms with Crippen LogP contribution in [0.3, 0.4) is 0 Å². The van der Waals surface area contributed by atoms with Crippen molar-refractivity contribution in [3.63, 3.8) is 0 Å². The van der Waals surface area contributed by atoms with Crippen molar-refractivity contribution in [2.45, 2.75) is 19.9 Å². The molecule has 0 radical (unpaired) electrons. The number of nitrogens with one attached hydrogen (secondary N) is 1. The van der Waals surface area contributed by atoms with Crippen LogP contribution in [0.4, 0.5) is 0 Å². The predicted molar refractivity (Wildman–Crippen MR) is 77.9 cm³/mol. The average Bonchev–Trinajstić information content (AvgIpc) is 2.46.